The van der Waals surface area contributed by atoms with Crippen molar-refractivity contribution < 1.29 is 9.53 Å². The molecule has 1 unspecified atom stereocenters. The summed E-state index contributed by atoms with van der Waals surface area (Å²) in [6, 6.07) is 18.1. The van der Waals surface area contributed by atoms with E-state index in [-0.39, 0.29) is 12.0 Å². The zero-order valence-corrected chi connectivity index (χ0v) is 11.9. The average molecular weight is 281 g/mol. The zero-order chi connectivity index (χ0) is 14.5. The van der Waals surface area contributed by atoms with Crippen LogP contribution in [0.5, 0.6) is 0 Å². The third-order valence-electron chi connectivity index (χ3n) is 3.77. The van der Waals surface area contributed by atoms with Crippen LogP contribution in [0.1, 0.15) is 16.7 Å². The van der Waals surface area contributed by atoms with Crippen LogP contribution in [-0.4, -0.2) is 18.6 Å². The standard InChI is InChI=1S/C18H19NO2/c20-18(10-14-6-2-1-3-7-14)19-12-17-11-15-8-4-5-9-16(15)13-21-17/h1-9,17H,10-13H2,(H,19,20). The molecular formula is C18H19NO2. The molecule has 1 aliphatic rings. The van der Waals surface area contributed by atoms with E-state index in [1.54, 1.807) is 0 Å². The Labute approximate surface area is 124 Å². The van der Waals surface area contributed by atoms with Gasteiger partial charge in [-0.3, -0.25) is 4.79 Å². The summed E-state index contributed by atoms with van der Waals surface area (Å²) in [5, 5.41) is 2.97. The number of amides is 1. The van der Waals surface area contributed by atoms with Crippen molar-refractivity contribution in [1.29, 1.82) is 0 Å². The second-order valence-electron chi connectivity index (χ2n) is 5.37. The number of rotatable bonds is 4. The topological polar surface area (TPSA) is 38.3 Å². The molecule has 0 aliphatic carbocycles. The van der Waals surface area contributed by atoms with E-state index in [4.69, 9.17) is 4.74 Å². The molecule has 2 aromatic rings. The van der Waals surface area contributed by atoms with E-state index < -0.39 is 0 Å². The van der Waals surface area contributed by atoms with Crippen molar-refractivity contribution in [3.8, 4) is 0 Å². The van der Waals surface area contributed by atoms with Crippen LogP contribution in [0, 0.1) is 0 Å². The van der Waals surface area contributed by atoms with Crippen LogP contribution in [0.25, 0.3) is 0 Å². The number of carbonyl (C=O) groups excluding carboxylic acids is 1. The van der Waals surface area contributed by atoms with E-state index in [1.165, 1.54) is 11.1 Å². The van der Waals surface area contributed by atoms with Crippen molar-refractivity contribution in [2.75, 3.05) is 6.54 Å². The predicted molar refractivity (Wildman–Crippen MR) is 81.9 cm³/mol. The molecule has 0 fully saturated rings. The van der Waals surface area contributed by atoms with Gasteiger partial charge in [-0.25, -0.2) is 0 Å². The molecule has 108 valence electrons. The summed E-state index contributed by atoms with van der Waals surface area (Å²) in [5.41, 5.74) is 3.61. The maximum atomic E-state index is 11.9. The number of carbonyl (C=O) groups is 1. The number of benzene rings is 2. The molecule has 0 radical (unpaired) electrons. The third-order valence-corrected chi connectivity index (χ3v) is 3.77. The first-order valence-electron chi connectivity index (χ1n) is 7.30. The van der Waals surface area contributed by atoms with E-state index in [0.717, 1.165) is 12.0 Å². The van der Waals surface area contributed by atoms with Gasteiger partial charge in [-0.2, -0.15) is 0 Å². The van der Waals surface area contributed by atoms with Gasteiger partial charge in [-0.1, -0.05) is 54.6 Å². The molecule has 0 spiro atoms. The van der Waals surface area contributed by atoms with Crippen LogP contribution in [-0.2, 0) is 29.0 Å². The average Bonchev–Trinajstić information content (AvgIpc) is 2.54. The van der Waals surface area contributed by atoms with Crippen LogP contribution in [0.4, 0.5) is 0 Å². The van der Waals surface area contributed by atoms with Gasteiger partial charge in [-0.15, -0.1) is 0 Å². The molecule has 3 nitrogen and oxygen atoms in total. The molecule has 0 saturated carbocycles. The Balaban J connectivity index is 1.49. The van der Waals surface area contributed by atoms with E-state index in [1.807, 2.05) is 36.4 Å². The summed E-state index contributed by atoms with van der Waals surface area (Å²) in [5.74, 6) is 0.0451. The number of hydrogen-bond acceptors (Lipinski definition) is 2. The summed E-state index contributed by atoms with van der Waals surface area (Å²) in [4.78, 5) is 11.9. The van der Waals surface area contributed by atoms with Crippen LogP contribution in [0.2, 0.25) is 0 Å². The fourth-order valence-corrected chi connectivity index (χ4v) is 2.61. The molecule has 0 bridgehead atoms. The summed E-state index contributed by atoms with van der Waals surface area (Å²) < 4.78 is 5.79. The lowest BCUT2D eigenvalue weighted by Crippen LogP contribution is -2.37. The monoisotopic (exact) mass is 281 g/mol. The van der Waals surface area contributed by atoms with E-state index in [0.29, 0.717) is 19.6 Å². The first-order valence-corrected chi connectivity index (χ1v) is 7.30. The molecule has 21 heavy (non-hydrogen) atoms. The summed E-state index contributed by atoms with van der Waals surface area (Å²) in [6.45, 7) is 1.20. The maximum absolute atomic E-state index is 11.9. The maximum Gasteiger partial charge on any atom is 0.224 e. The van der Waals surface area contributed by atoms with Gasteiger partial charge in [0.15, 0.2) is 0 Å². The lowest BCUT2D eigenvalue weighted by molar-refractivity contribution is -0.121. The van der Waals surface area contributed by atoms with E-state index in [2.05, 4.69) is 23.5 Å². The Kier molecular flexibility index (Phi) is 4.31. The van der Waals surface area contributed by atoms with Crippen molar-refractivity contribution in [1.82, 2.24) is 5.32 Å². The normalized spacial score (nSPS) is 17.0. The molecule has 0 aromatic heterocycles. The minimum Gasteiger partial charge on any atom is -0.371 e. The first-order chi connectivity index (χ1) is 10.3. The molecule has 0 saturated heterocycles. The summed E-state index contributed by atoms with van der Waals surface area (Å²) >= 11 is 0. The molecule has 2 aromatic carbocycles. The van der Waals surface area contributed by atoms with E-state index >= 15 is 0 Å². The lowest BCUT2D eigenvalue weighted by Gasteiger charge is -2.25. The van der Waals surface area contributed by atoms with Crippen LogP contribution in [0.3, 0.4) is 0 Å². The number of fused-ring (bicyclic) bond motifs is 1. The van der Waals surface area contributed by atoms with Crippen LogP contribution < -0.4 is 5.32 Å². The van der Waals surface area contributed by atoms with Crippen molar-refractivity contribution in [3.63, 3.8) is 0 Å². The predicted octanol–water partition coefficient (Wildman–Crippen LogP) is 2.49. The van der Waals surface area contributed by atoms with Gasteiger partial charge >= 0.3 is 0 Å². The zero-order valence-electron chi connectivity index (χ0n) is 11.9. The number of nitrogens with one attached hydrogen (secondary N) is 1. The van der Waals surface area contributed by atoms with Gasteiger partial charge in [0.05, 0.1) is 19.1 Å². The van der Waals surface area contributed by atoms with Gasteiger partial charge < -0.3 is 10.1 Å². The SMILES string of the molecule is O=C(Cc1ccccc1)NCC1Cc2ccccc2CO1. The Morgan fingerprint density at radius 1 is 1.05 bits per heavy atom. The van der Waals surface area contributed by atoms with Gasteiger partial charge in [-0.05, 0) is 16.7 Å². The Bertz CT molecular complexity index is 610. The molecule has 1 heterocycles. The minimum atomic E-state index is 0.0451. The molecular weight excluding hydrogens is 262 g/mol. The number of hydrogen-bond donors (Lipinski definition) is 1. The van der Waals surface area contributed by atoms with Crippen molar-refractivity contribution in [2.24, 2.45) is 0 Å². The molecule has 3 heteroatoms. The summed E-state index contributed by atoms with van der Waals surface area (Å²) in [6.07, 6.45) is 1.35. The fraction of sp³-hybridized carbons (Fsp3) is 0.278. The molecule has 1 amide bonds. The Morgan fingerprint density at radius 2 is 1.76 bits per heavy atom. The van der Waals surface area contributed by atoms with Crippen molar-refractivity contribution in [2.45, 2.75) is 25.6 Å². The quantitative estimate of drug-likeness (QED) is 0.935. The second-order valence-corrected chi connectivity index (χ2v) is 5.37. The third kappa shape index (κ3) is 3.70. The van der Waals surface area contributed by atoms with Gasteiger partial charge in [0.2, 0.25) is 5.91 Å². The highest BCUT2D eigenvalue weighted by Gasteiger charge is 2.19. The largest absolute Gasteiger partial charge is 0.371 e. The van der Waals surface area contributed by atoms with Gasteiger partial charge in [0, 0.05) is 13.0 Å². The molecule has 1 atom stereocenters. The Morgan fingerprint density at radius 3 is 2.57 bits per heavy atom. The highest BCUT2D eigenvalue weighted by Crippen LogP contribution is 2.19. The highest BCUT2D eigenvalue weighted by atomic mass is 16.5. The smallest absolute Gasteiger partial charge is 0.224 e. The molecule has 1 aliphatic heterocycles. The highest BCUT2D eigenvalue weighted by molar-refractivity contribution is 5.78. The van der Waals surface area contributed by atoms with Crippen LogP contribution in [0.15, 0.2) is 54.6 Å². The van der Waals surface area contributed by atoms with E-state index in [9.17, 15) is 4.79 Å². The first kappa shape index (κ1) is 13.8. The van der Waals surface area contributed by atoms with Gasteiger partial charge in [0.1, 0.15) is 0 Å². The Hall–Kier alpha value is -2.13. The van der Waals surface area contributed by atoms with Crippen LogP contribution >= 0.6 is 0 Å². The number of ether oxygens (including phenoxy) is 1. The van der Waals surface area contributed by atoms with Gasteiger partial charge in [0.25, 0.3) is 0 Å². The molecule has 1 N–H and O–H groups in total. The van der Waals surface area contributed by atoms with Crippen molar-refractivity contribution in [3.05, 3.63) is 71.3 Å². The summed E-state index contributed by atoms with van der Waals surface area (Å²) in [7, 11) is 0. The lowest BCUT2D eigenvalue weighted by atomic mass is 9.99. The second kappa shape index (κ2) is 6.55. The fourth-order valence-electron chi connectivity index (χ4n) is 2.61. The van der Waals surface area contributed by atoms with Crippen molar-refractivity contribution >= 4 is 5.91 Å². The molecule has 3 rings (SSSR count). The minimum absolute atomic E-state index is 0.0451.